The summed E-state index contributed by atoms with van der Waals surface area (Å²) >= 11 is 3.37. The molecule has 0 aromatic carbocycles. The zero-order valence-electron chi connectivity index (χ0n) is 12.0. The Morgan fingerprint density at radius 3 is 3.14 bits per heavy atom. The molecule has 1 fully saturated rings. The van der Waals surface area contributed by atoms with Crippen LogP contribution < -0.4 is 5.32 Å². The lowest BCUT2D eigenvalue weighted by molar-refractivity contribution is -0.129. The summed E-state index contributed by atoms with van der Waals surface area (Å²) in [6.45, 7) is 4.50. The van der Waals surface area contributed by atoms with Gasteiger partial charge in [-0.15, -0.1) is 22.7 Å². The highest BCUT2D eigenvalue weighted by molar-refractivity contribution is 7.10. The van der Waals surface area contributed by atoms with Gasteiger partial charge in [0.2, 0.25) is 5.91 Å². The van der Waals surface area contributed by atoms with Crippen molar-refractivity contribution in [2.45, 2.75) is 32.4 Å². The summed E-state index contributed by atoms with van der Waals surface area (Å²) in [4.78, 5) is 20.3. The number of thiophene rings is 1. The van der Waals surface area contributed by atoms with Gasteiger partial charge in [0.1, 0.15) is 6.04 Å². The van der Waals surface area contributed by atoms with Crippen molar-refractivity contribution in [2.75, 3.05) is 13.1 Å². The summed E-state index contributed by atoms with van der Waals surface area (Å²) in [5, 5.41) is 8.32. The average Bonchev–Trinajstić information content (AvgIpc) is 3.11. The molecule has 1 atom stereocenters. The smallest absolute Gasteiger partial charge is 0.242 e. The van der Waals surface area contributed by atoms with E-state index in [1.807, 2.05) is 17.5 Å². The predicted molar refractivity (Wildman–Crippen MR) is 86.6 cm³/mol. The van der Waals surface area contributed by atoms with E-state index in [-0.39, 0.29) is 11.9 Å². The summed E-state index contributed by atoms with van der Waals surface area (Å²) in [5.41, 5.74) is 1.08. The summed E-state index contributed by atoms with van der Waals surface area (Å²) in [6, 6.07) is 3.87. The van der Waals surface area contributed by atoms with Crippen LogP contribution in [-0.2, 0) is 17.8 Å². The van der Waals surface area contributed by atoms with E-state index in [0.29, 0.717) is 6.54 Å². The molecule has 6 heteroatoms. The van der Waals surface area contributed by atoms with Gasteiger partial charge in [-0.05, 0) is 24.3 Å². The second-order valence-electron chi connectivity index (χ2n) is 5.16. The highest BCUT2D eigenvalue weighted by Gasteiger charge is 2.32. The number of nitrogens with zero attached hydrogens (tertiary/aromatic N) is 2. The number of aromatic nitrogens is 1. The molecule has 4 nitrogen and oxygen atoms in total. The highest BCUT2D eigenvalue weighted by Crippen LogP contribution is 2.28. The Morgan fingerprint density at radius 1 is 1.48 bits per heavy atom. The topological polar surface area (TPSA) is 45.2 Å². The molecule has 3 heterocycles. The van der Waals surface area contributed by atoms with E-state index in [1.165, 1.54) is 5.01 Å². The molecular weight excluding hydrogens is 302 g/mol. The fourth-order valence-corrected chi connectivity index (χ4v) is 4.35. The van der Waals surface area contributed by atoms with Gasteiger partial charge in [0.15, 0.2) is 0 Å². The molecule has 2 aromatic rings. The van der Waals surface area contributed by atoms with Gasteiger partial charge in [-0.3, -0.25) is 9.69 Å². The molecule has 0 unspecified atom stereocenters. The summed E-state index contributed by atoms with van der Waals surface area (Å²) in [5.74, 6) is 0.104. The van der Waals surface area contributed by atoms with Crippen molar-refractivity contribution in [3.8, 4) is 0 Å². The number of nitrogens with one attached hydrogen (secondary N) is 1. The molecular formula is C15H19N3OS2. The van der Waals surface area contributed by atoms with E-state index in [4.69, 9.17) is 0 Å². The molecule has 1 N–H and O–H groups in total. The third-order valence-electron chi connectivity index (χ3n) is 3.55. The van der Waals surface area contributed by atoms with Crippen LogP contribution in [0.4, 0.5) is 0 Å². The number of thiazole rings is 1. The Morgan fingerprint density at radius 2 is 2.38 bits per heavy atom. The normalized spacial score (nSPS) is 19.7. The van der Waals surface area contributed by atoms with Crippen LogP contribution in [0.3, 0.4) is 0 Å². The minimum absolute atomic E-state index is 0.104. The SMILES string of the molecule is CCCc1nc(CN2CCNC(=O)[C@@H]2c2cccs2)cs1. The molecule has 0 saturated carbocycles. The largest absolute Gasteiger partial charge is 0.353 e. The summed E-state index contributed by atoms with van der Waals surface area (Å²) < 4.78 is 0. The van der Waals surface area contributed by atoms with E-state index >= 15 is 0 Å². The molecule has 0 aliphatic carbocycles. The molecule has 1 aliphatic heterocycles. The van der Waals surface area contributed by atoms with Crippen LogP contribution in [-0.4, -0.2) is 28.9 Å². The van der Waals surface area contributed by atoms with E-state index in [9.17, 15) is 4.79 Å². The zero-order valence-corrected chi connectivity index (χ0v) is 13.7. The Kier molecular flexibility index (Phi) is 4.67. The first-order valence-electron chi connectivity index (χ1n) is 7.26. The van der Waals surface area contributed by atoms with Gasteiger partial charge in [-0.25, -0.2) is 4.98 Å². The fraction of sp³-hybridized carbons (Fsp3) is 0.467. The van der Waals surface area contributed by atoms with Crippen molar-refractivity contribution >= 4 is 28.6 Å². The molecule has 1 saturated heterocycles. The van der Waals surface area contributed by atoms with Gasteiger partial charge < -0.3 is 5.32 Å². The van der Waals surface area contributed by atoms with Gasteiger partial charge in [0.05, 0.1) is 10.7 Å². The van der Waals surface area contributed by atoms with Gasteiger partial charge >= 0.3 is 0 Å². The minimum Gasteiger partial charge on any atom is -0.353 e. The Labute approximate surface area is 132 Å². The lowest BCUT2D eigenvalue weighted by Gasteiger charge is -2.33. The van der Waals surface area contributed by atoms with Crippen LogP contribution in [0.15, 0.2) is 22.9 Å². The number of aryl methyl sites for hydroxylation is 1. The van der Waals surface area contributed by atoms with E-state index < -0.39 is 0 Å². The monoisotopic (exact) mass is 321 g/mol. The quantitative estimate of drug-likeness (QED) is 0.921. The molecule has 21 heavy (non-hydrogen) atoms. The Hall–Kier alpha value is -1.24. The second kappa shape index (κ2) is 6.68. The van der Waals surface area contributed by atoms with E-state index in [2.05, 4.69) is 27.5 Å². The van der Waals surface area contributed by atoms with Crippen LogP contribution in [0.5, 0.6) is 0 Å². The fourth-order valence-electron chi connectivity index (χ4n) is 2.60. The molecule has 1 amide bonds. The van der Waals surface area contributed by atoms with Crippen molar-refractivity contribution in [3.05, 3.63) is 38.5 Å². The maximum atomic E-state index is 12.2. The number of carbonyl (C=O) groups excluding carboxylic acids is 1. The number of piperazine rings is 1. The molecule has 112 valence electrons. The Balaban J connectivity index is 1.76. The molecule has 0 radical (unpaired) electrons. The highest BCUT2D eigenvalue weighted by atomic mass is 32.1. The van der Waals surface area contributed by atoms with Gasteiger partial charge in [0.25, 0.3) is 0 Å². The van der Waals surface area contributed by atoms with Gasteiger partial charge in [-0.1, -0.05) is 13.0 Å². The number of carbonyl (C=O) groups is 1. The molecule has 3 rings (SSSR count). The first kappa shape index (κ1) is 14.7. The maximum Gasteiger partial charge on any atom is 0.242 e. The lowest BCUT2D eigenvalue weighted by atomic mass is 10.1. The molecule has 2 aromatic heterocycles. The average molecular weight is 321 g/mol. The van der Waals surface area contributed by atoms with Crippen molar-refractivity contribution in [2.24, 2.45) is 0 Å². The van der Waals surface area contributed by atoms with Crippen LogP contribution in [0.25, 0.3) is 0 Å². The number of hydrogen-bond donors (Lipinski definition) is 1. The van der Waals surface area contributed by atoms with Gasteiger partial charge in [0, 0.05) is 29.9 Å². The molecule has 0 bridgehead atoms. The first-order chi connectivity index (χ1) is 10.3. The van der Waals surface area contributed by atoms with Crippen LogP contribution >= 0.6 is 22.7 Å². The van der Waals surface area contributed by atoms with Crippen molar-refractivity contribution in [1.82, 2.24) is 15.2 Å². The van der Waals surface area contributed by atoms with Crippen molar-refractivity contribution in [1.29, 1.82) is 0 Å². The predicted octanol–water partition coefficient (Wildman–Crippen LogP) is 2.83. The third-order valence-corrected chi connectivity index (χ3v) is 5.43. The number of hydrogen-bond acceptors (Lipinski definition) is 5. The number of rotatable bonds is 5. The summed E-state index contributed by atoms with van der Waals surface area (Å²) in [6.07, 6.45) is 2.16. The van der Waals surface area contributed by atoms with Crippen molar-refractivity contribution < 1.29 is 4.79 Å². The van der Waals surface area contributed by atoms with E-state index in [0.717, 1.165) is 36.5 Å². The lowest BCUT2D eigenvalue weighted by Crippen LogP contribution is -2.49. The van der Waals surface area contributed by atoms with Crippen LogP contribution in [0.1, 0.15) is 35.0 Å². The zero-order chi connectivity index (χ0) is 14.7. The summed E-state index contributed by atoms with van der Waals surface area (Å²) in [7, 11) is 0. The molecule has 0 spiro atoms. The van der Waals surface area contributed by atoms with Crippen molar-refractivity contribution in [3.63, 3.8) is 0 Å². The first-order valence-corrected chi connectivity index (χ1v) is 9.02. The number of amides is 1. The Bertz CT molecular complexity index is 594. The maximum absolute atomic E-state index is 12.2. The third kappa shape index (κ3) is 3.33. The van der Waals surface area contributed by atoms with Gasteiger partial charge in [-0.2, -0.15) is 0 Å². The standard InChI is InChI=1S/C15H19N3OS2/c1-2-4-13-17-11(10-21-13)9-18-7-6-16-15(19)14(18)12-5-3-8-20-12/h3,5,8,10,14H,2,4,6-7,9H2,1H3,(H,16,19)/t14-/m0/s1. The second-order valence-corrected chi connectivity index (χ2v) is 7.08. The molecule has 1 aliphatic rings. The van der Waals surface area contributed by atoms with Crippen LogP contribution in [0.2, 0.25) is 0 Å². The van der Waals surface area contributed by atoms with Crippen LogP contribution in [0, 0.1) is 0 Å². The minimum atomic E-state index is -0.171. The van der Waals surface area contributed by atoms with E-state index in [1.54, 1.807) is 22.7 Å².